The second kappa shape index (κ2) is 8.34. The average Bonchev–Trinajstić information content (AvgIpc) is 2.58. The van der Waals surface area contributed by atoms with E-state index in [1.165, 1.54) is 5.56 Å². The van der Waals surface area contributed by atoms with Crippen LogP contribution in [0.4, 0.5) is 0 Å². The molecule has 1 amide bonds. The molecule has 2 rings (SSSR count). The van der Waals surface area contributed by atoms with Crippen LogP contribution >= 0.6 is 0 Å². The van der Waals surface area contributed by atoms with Crippen LogP contribution in [0.5, 0.6) is 5.75 Å². The largest absolute Gasteiger partial charge is 0.484 e. The number of hydrogen-bond donors (Lipinski definition) is 2. The fourth-order valence-electron chi connectivity index (χ4n) is 2.24. The number of aliphatic hydroxyl groups excluding tert-OH is 1. The fourth-order valence-corrected chi connectivity index (χ4v) is 2.24. The molecule has 0 aromatic heterocycles. The number of carbonyl (C=O) groups is 1. The van der Waals surface area contributed by atoms with Crippen molar-refractivity contribution in [3.8, 4) is 5.75 Å². The molecule has 4 nitrogen and oxygen atoms in total. The summed E-state index contributed by atoms with van der Waals surface area (Å²) >= 11 is 0. The van der Waals surface area contributed by atoms with E-state index in [0.29, 0.717) is 18.2 Å². The molecule has 0 atom stereocenters. The lowest BCUT2D eigenvalue weighted by Gasteiger charge is -2.11. The standard InChI is InChI=1S/C19H23NO3/c1-14(2)15-8-5-9-18(10-15)23-13-19(22)20-11-16-6-3-4-7-17(16)12-21/h3-10,14,21H,11-13H2,1-2H3,(H,20,22). The highest BCUT2D eigenvalue weighted by molar-refractivity contribution is 5.77. The summed E-state index contributed by atoms with van der Waals surface area (Å²) in [6, 6.07) is 15.3. The maximum absolute atomic E-state index is 11.9. The molecule has 0 saturated carbocycles. The molecule has 0 unspecified atom stereocenters. The van der Waals surface area contributed by atoms with Crippen LogP contribution < -0.4 is 10.1 Å². The Kier molecular flexibility index (Phi) is 6.18. The number of carbonyl (C=O) groups excluding carboxylic acids is 1. The van der Waals surface area contributed by atoms with Gasteiger partial charge in [-0.1, -0.05) is 50.2 Å². The minimum atomic E-state index is -0.187. The molecule has 0 aliphatic heterocycles. The van der Waals surface area contributed by atoms with Gasteiger partial charge in [-0.05, 0) is 34.7 Å². The summed E-state index contributed by atoms with van der Waals surface area (Å²) in [6.07, 6.45) is 0. The Bertz CT molecular complexity index is 653. The normalized spacial score (nSPS) is 10.6. The van der Waals surface area contributed by atoms with E-state index >= 15 is 0 Å². The molecule has 0 bridgehead atoms. The third-order valence-electron chi connectivity index (χ3n) is 3.66. The maximum atomic E-state index is 11.9. The van der Waals surface area contributed by atoms with Gasteiger partial charge < -0.3 is 15.2 Å². The van der Waals surface area contributed by atoms with Gasteiger partial charge >= 0.3 is 0 Å². The van der Waals surface area contributed by atoms with Gasteiger partial charge in [0.1, 0.15) is 5.75 Å². The number of rotatable bonds is 7. The van der Waals surface area contributed by atoms with Crippen LogP contribution in [-0.2, 0) is 17.9 Å². The lowest BCUT2D eigenvalue weighted by atomic mass is 10.0. The first kappa shape index (κ1) is 17.0. The summed E-state index contributed by atoms with van der Waals surface area (Å²) in [5.74, 6) is 0.928. The van der Waals surface area contributed by atoms with E-state index in [9.17, 15) is 9.90 Å². The van der Waals surface area contributed by atoms with Gasteiger partial charge in [-0.3, -0.25) is 4.79 Å². The van der Waals surface area contributed by atoms with Crippen LogP contribution in [0.25, 0.3) is 0 Å². The Morgan fingerprint density at radius 1 is 1.13 bits per heavy atom. The van der Waals surface area contributed by atoms with Gasteiger partial charge in [0.05, 0.1) is 6.61 Å². The summed E-state index contributed by atoms with van der Waals surface area (Å²) < 4.78 is 5.54. The highest BCUT2D eigenvalue weighted by atomic mass is 16.5. The summed E-state index contributed by atoms with van der Waals surface area (Å²) in [5, 5.41) is 12.1. The second-order valence-electron chi connectivity index (χ2n) is 5.72. The molecule has 0 spiro atoms. The van der Waals surface area contributed by atoms with Crippen molar-refractivity contribution in [2.45, 2.75) is 32.9 Å². The fraction of sp³-hybridized carbons (Fsp3) is 0.316. The van der Waals surface area contributed by atoms with Crippen LogP contribution in [0, 0.1) is 0 Å². The summed E-state index contributed by atoms with van der Waals surface area (Å²) in [5.41, 5.74) is 2.91. The van der Waals surface area contributed by atoms with Crippen molar-refractivity contribution in [2.24, 2.45) is 0 Å². The molecule has 0 saturated heterocycles. The smallest absolute Gasteiger partial charge is 0.258 e. The second-order valence-corrected chi connectivity index (χ2v) is 5.72. The molecule has 4 heteroatoms. The summed E-state index contributed by atoms with van der Waals surface area (Å²) in [6.45, 7) is 4.55. The molecule has 2 aromatic rings. The first-order valence-electron chi connectivity index (χ1n) is 7.77. The first-order valence-corrected chi connectivity index (χ1v) is 7.77. The van der Waals surface area contributed by atoms with Crippen molar-refractivity contribution >= 4 is 5.91 Å². The zero-order valence-corrected chi connectivity index (χ0v) is 13.6. The molecule has 122 valence electrons. The molecule has 0 heterocycles. The Hall–Kier alpha value is -2.33. The van der Waals surface area contributed by atoms with Crippen LogP contribution in [0.3, 0.4) is 0 Å². The number of ether oxygens (including phenoxy) is 1. The van der Waals surface area contributed by atoms with Crippen molar-refractivity contribution in [2.75, 3.05) is 6.61 Å². The van der Waals surface area contributed by atoms with E-state index in [4.69, 9.17) is 4.74 Å². The van der Waals surface area contributed by atoms with Crippen molar-refractivity contribution < 1.29 is 14.6 Å². The average molecular weight is 313 g/mol. The number of nitrogens with one attached hydrogen (secondary N) is 1. The lowest BCUT2D eigenvalue weighted by molar-refractivity contribution is -0.123. The highest BCUT2D eigenvalue weighted by Gasteiger charge is 2.06. The van der Waals surface area contributed by atoms with E-state index in [0.717, 1.165) is 11.1 Å². The molecular weight excluding hydrogens is 290 g/mol. The third kappa shape index (κ3) is 5.11. The van der Waals surface area contributed by atoms with Crippen molar-refractivity contribution in [1.82, 2.24) is 5.32 Å². The van der Waals surface area contributed by atoms with Crippen LogP contribution in [-0.4, -0.2) is 17.6 Å². The number of benzene rings is 2. The predicted molar refractivity (Wildman–Crippen MR) is 90.2 cm³/mol. The van der Waals surface area contributed by atoms with Gasteiger partial charge in [0.2, 0.25) is 0 Å². The van der Waals surface area contributed by atoms with Crippen LogP contribution in [0.2, 0.25) is 0 Å². The van der Waals surface area contributed by atoms with Crippen LogP contribution in [0.15, 0.2) is 48.5 Å². The molecule has 2 N–H and O–H groups in total. The predicted octanol–water partition coefficient (Wildman–Crippen LogP) is 3.00. The van der Waals surface area contributed by atoms with E-state index in [2.05, 4.69) is 19.2 Å². The molecule has 0 aliphatic rings. The maximum Gasteiger partial charge on any atom is 0.258 e. The van der Waals surface area contributed by atoms with Crippen molar-refractivity contribution in [3.63, 3.8) is 0 Å². The van der Waals surface area contributed by atoms with E-state index < -0.39 is 0 Å². The SMILES string of the molecule is CC(C)c1cccc(OCC(=O)NCc2ccccc2CO)c1. The highest BCUT2D eigenvalue weighted by Crippen LogP contribution is 2.20. The molecule has 0 aliphatic carbocycles. The Balaban J connectivity index is 1.84. The Morgan fingerprint density at radius 2 is 1.87 bits per heavy atom. The van der Waals surface area contributed by atoms with Gasteiger partial charge in [-0.15, -0.1) is 0 Å². The minimum absolute atomic E-state index is 0.0250. The number of amides is 1. The number of hydrogen-bond acceptors (Lipinski definition) is 3. The summed E-state index contributed by atoms with van der Waals surface area (Å²) in [7, 11) is 0. The van der Waals surface area contributed by atoms with E-state index in [1.54, 1.807) is 0 Å². The molecule has 23 heavy (non-hydrogen) atoms. The zero-order valence-electron chi connectivity index (χ0n) is 13.6. The Labute approximate surface area is 137 Å². The topological polar surface area (TPSA) is 58.6 Å². The van der Waals surface area contributed by atoms with Gasteiger partial charge in [-0.2, -0.15) is 0 Å². The van der Waals surface area contributed by atoms with Crippen LogP contribution in [0.1, 0.15) is 36.5 Å². The summed E-state index contributed by atoms with van der Waals surface area (Å²) in [4.78, 5) is 11.9. The molecular formula is C19H23NO3. The zero-order chi connectivity index (χ0) is 16.7. The molecule has 2 aromatic carbocycles. The van der Waals surface area contributed by atoms with Crippen molar-refractivity contribution in [3.05, 3.63) is 65.2 Å². The third-order valence-corrected chi connectivity index (χ3v) is 3.66. The van der Waals surface area contributed by atoms with Gasteiger partial charge in [0.15, 0.2) is 6.61 Å². The van der Waals surface area contributed by atoms with Gasteiger partial charge in [0.25, 0.3) is 5.91 Å². The quantitative estimate of drug-likeness (QED) is 0.826. The van der Waals surface area contributed by atoms with Gasteiger partial charge in [0, 0.05) is 6.54 Å². The first-order chi connectivity index (χ1) is 11.1. The number of aliphatic hydroxyl groups is 1. The van der Waals surface area contributed by atoms with E-state index in [-0.39, 0.29) is 19.1 Å². The lowest BCUT2D eigenvalue weighted by Crippen LogP contribution is -2.28. The minimum Gasteiger partial charge on any atom is -0.484 e. The molecule has 0 fully saturated rings. The monoisotopic (exact) mass is 313 g/mol. The Morgan fingerprint density at radius 3 is 2.57 bits per heavy atom. The van der Waals surface area contributed by atoms with E-state index in [1.807, 2.05) is 48.5 Å². The van der Waals surface area contributed by atoms with Gasteiger partial charge in [-0.25, -0.2) is 0 Å². The van der Waals surface area contributed by atoms with Crippen molar-refractivity contribution in [1.29, 1.82) is 0 Å². The molecule has 0 radical (unpaired) electrons.